The number of hydrogen-bond donors (Lipinski definition) is 0. The lowest BCUT2D eigenvalue weighted by molar-refractivity contribution is -0.147. The number of Topliss-reactive ketones (excluding diaryl/α,β-unsaturated/α-hetero) is 1. The number of ketones is 1. The summed E-state index contributed by atoms with van der Waals surface area (Å²) in [4.78, 5) is 12.0. The van der Waals surface area contributed by atoms with Crippen LogP contribution in [0.15, 0.2) is 11.6 Å². The molecule has 0 bridgehead atoms. The number of unbranched alkanes of at least 4 members (excludes halogenated alkanes) is 4. The highest BCUT2D eigenvalue weighted by Gasteiger charge is 2.25. The fraction of sp³-hybridized carbons (Fsp3) is 0.850. The first-order chi connectivity index (χ1) is 12.1. The van der Waals surface area contributed by atoms with E-state index in [1.165, 1.54) is 6.42 Å². The third kappa shape index (κ3) is 10.1. The van der Waals surface area contributed by atoms with Crippen molar-refractivity contribution in [3.63, 3.8) is 0 Å². The predicted molar refractivity (Wildman–Crippen MR) is 98.4 cm³/mol. The lowest BCUT2D eigenvalue weighted by atomic mass is 10.0. The van der Waals surface area contributed by atoms with Crippen LogP contribution in [0.3, 0.4) is 0 Å². The number of allylic oxidation sites excluding steroid dienone is 1. The highest BCUT2D eigenvalue weighted by atomic mass is 16.7. The normalized spacial score (nSPS) is 19.9. The Bertz CT molecular complexity index is 394. The van der Waals surface area contributed by atoms with Gasteiger partial charge in [0.2, 0.25) is 0 Å². The summed E-state index contributed by atoms with van der Waals surface area (Å²) >= 11 is 0. The van der Waals surface area contributed by atoms with Crippen molar-refractivity contribution >= 4 is 5.78 Å². The summed E-state index contributed by atoms with van der Waals surface area (Å²) in [6, 6.07) is 0. The molecule has 25 heavy (non-hydrogen) atoms. The zero-order valence-electron chi connectivity index (χ0n) is 16.4. The van der Waals surface area contributed by atoms with E-state index in [9.17, 15) is 4.79 Å². The van der Waals surface area contributed by atoms with Gasteiger partial charge in [-0.1, -0.05) is 19.3 Å². The van der Waals surface area contributed by atoms with Gasteiger partial charge in [-0.05, 0) is 58.6 Å². The molecule has 0 amide bonds. The van der Waals surface area contributed by atoms with Crippen molar-refractivity contribution in [3.8, 4) is 0 Å². The van der Waals surface area contributed by atoms with Gasteiger partial charge in [-0.3, -0.25) is 4.79 Å². The summed E-state index contributed by atoms with van der Waals surface area (Å²) < 4.78 is 22.0. The second kappa shape index (κ2) is 13.5. The maximum atomic E-state index is 12.0. The molecule has 1 aliphatic rings. The van der Waals surface area contributed by atoms with Gasteiger partial charge in [0.15, 0.2) is 18.4 Å². The van der Waals surface area contributed by atoms with Gasteiger partial charge in [0.25, 0.3) is 0 Å². The molecule has 1 rings (SSSR count). The van der Waals surface area contributed by atoms with Crippen LogP contribution in [0.4, 0.5) is 0 Å². The van der Waals surface area contributed by atoms with Crippen molar-refractivity contribution in [3.05, 3.63) is 11.6 Å². The van der Waals surface area contributed by atoms with Crippen LogP contribution >= 0.6 is 0 Å². The number of hydrogen-bond acceptors (Lipinski definition) is 5. The van der Waals surface area contributed by atoms with E-state index in [1.807, 2.05) is 33.8 Å². The van der Waals surface area contributed by atoms with Gasteiger partial charge in [-0.25, -0.2) is 0 Å². The fourth-order valence-corrected chi connectivity index (χ4v) is 3.00. The fourth-order valence-electron chi connectivity index (χ4n) is 3.00. The number of carbonyl (C=O) groups is 1. The molecule has 0 spiro atoms. The van der Waals surface area contributed by atoms with E-state index in [4.69, 9.17) is 18.9 Å². The molecule has 0 heterocycles. The molecule has 0 saturated heterocycles. The Hall–Kier alpha value is -0.750. The van der Waals surface area contributed by atoms with Crippen molar-refractivity contribution in [2.45, 2.75) is 91.3 Å². The monoisotopic (exact) mass is 356 g/mol. The van der Waals surface area contributed by atoms with Crippen molar-refractivity contribution in [1.82, 2.24) is 0 Å². The van der Waals surface area contributed by atoms with Crippen molar-refractivity contribution < 1.29 is 23.7 Å². The van der Waals surface area contributed by atoms with Crippen molar-refractivity contribution in [2.75, 3.05) is 19.8 Å². The Morgan fingerprint density at radius 2 is 1.60 bits per heavy atom. The van der Waals surface area contributed by atoms with Crippen LogP contribution < -0.4 is 0 Å². The zero-order chi connectivity index (χ0) is 18.5. The van der Waals surface area contributed by atoms with E-state index in [0.29, 0.717) is 19.6 Å². The molecule has 3 atom stereocenters. The van der Waals surface area contributed by atoms with E-state index in [0.717, 1.165) is 44.3 Å². The minimum atomic E-state index is -0.258. The van der Waals surface area contributed by atoms with Gasteiger partial charge in [-0.15, -0.1) is 0 Å². The standard InChI is InChI=1S/C20H36O5/c1-5-22-16(3)24-13-11-9-7-8-10-12-18-14-19(15-20(18)21)25-17(4)23-6-2/h14,16-17,19H,5-13,15H2,1-4H3. The topological polar surface area (TPSA) is 54.0 Å². The molecule has 0 fully saturated rings. The zero-order valence-corrected chi connectivity index (χ0v) is 16.4. The van der Waals surface area contributed by atoms with Gasteiger partial charge in [0.05, 0.1) is 6.10 Å². The SMILES string of the molecule is CCOC(C)OCCCCCCCC1=CC(OC(C)OCC)CC1=O. The molecule has 5 nitrogen and oxygen atoms in total. The van der Waals surface area contributed by atoms with E-state index < -0.39 is 0 Å². The molecule has 0 saturated carbocycles. The van der Waals surface area contributed by atoms with Gasteiger partial charge in [0, 0.05) is 26.2 Å². The van der Waals surface area contributed by atoms with E-state index >= 15 is 0 Å². The van der Waals surface area contributed by atoms with Crippen LogP contribution in [-0.4, -0.2) is 44.3 Å². The van der Waals surface area contributed by atoms with Crippen molar-refractivity contribution in [1.29, 1.82) is 0 Å². The largest absolute Gasteiger partial charge is 0.353 e. The Morgan fingerprint density at radius 3 is 2.32 bits per heavy atom. The average Bonchev–Trinajstić information content (AvgIpc) is 2.89. The first kappa shape index (κ1) is 22.3. The Kier molecular flexibility index (Phi) is 12.0. The smallest absolute Gasteiger partial charge is 0.161 e. The predicted octanol–water partition coefficient (Wildman–Crippen LogP) is 4.39. The highest BCUT2D eigenvalue weighted by molar-refractivity contribution is 5.98. The minimum absolute atomic E-state index is 0.106. The summed E-state index contributed by atoms with van der Waals surface area (Å²) in [5.41, 5.74) is 0.933. The summed E-state index contributed by atoms with van der Waals surface area (Å²) in [5, 5.41) is 0. The summed E-state index contributed by atoms with van der Waals surface area (Å²) in [7, 11) is 0. The van der Waals surface area contributed by atoms with Gasteiger partial charge in [0.1, 0.15) is 0 Å². The molecule has 5 heteroatoms. The van der Waals surface area contributed by atoms with Crippen LogP contribution in [0.5, 0.6) is 0 Å². The lowest BCUT2D eigenvalue weighted by Crippen LogP contribution is -2.20. The first-order valence-electron chi connectivity index (χ1n) is 9.80. The third-order valence-corrected chi connectivity index (χ3v) is 4.24. The highest BCUT2D eigenvalue weighted by Crippen LogP contribution is 2.23. The van der Waals surface area contributed by atoms with Gasteiger partial charge < -0.3 is 18.9 Å². The lowest BCUT2D eigenvalue weighted by Gasteiger charge is -2.16. The molecule has 0 radical (unpaired) electrons. The number of carbonyl (C=O) groups excluding carboxylic acids is 1. The maximum absolute atomic E-state index is 12.0. The molecule has 0 aromatic rings. The minimum Gasteiger partial charge on any atom is -0.353 e. The second-order valence-electron chi connectivity index (χ2n) is 6.43. The van der Waals surface area contributed by atoms with E-state index in [2.05, 4.69) is 0 Å². The molecule has 146 valence electrons. The van der Waals surface area contributed by atoms with Crippen LogP contribution in [0, 0.1) is 0 Å². The maximum Gasteiger partial charge on any atom is 0.161 e. The molecule has 0 aliphatic heterocycles. The Morgan fingerprint density at radius 1 is 0.960 bits per heavy atom. The number of ether oxygens (including phenoxy) is 4. The first-order valence-corrected chi connectivity index (χ1v) is 9.80. The van der Waals surface area contributed by atoms with Crippen LogP contribution in [-0.2, 0) is 23.7 Å². The summed E-state index contributed by atoms with van der Waals surface area (Å²) in [6.45, 7) is 9.77. The summed E-state index contributed by atoms with van der Waals surface area (Å²) in [5.74, 6) is 0.229. The molecule has 1 aliphatic carbocycles. The third-order valence-electron chi connectivity index (χ3n) is 4.24. The van der Waals surface area contributed by atoms with E-state index in [-0.39, 0.29) is 24.5 Å². The van der Waals surface area contributed by atoms with Crippen LogP contribution in [0.1, 0.15) is 72.6 Å². The Labute approximate surface area is 153 Å². The molecular weight excluding hydrogens is 320 g/mol. The van der Waals surface area contributed by atoms with Crippen molar-refractivity contribution in [2.24, 2.45) is 0 Å². The molecule has 0 aromatic carbocycles. The van der Waals surface area contributed by atoms with Gasteiger partial charge in [-0.2, -0.15) is 0 Å². The summed E-state index contributed by atoms with van der Waals surface area (Å²) in [6.07, 6.45) is 8.42. The molecule has 3 unspecified atom stereocenters. The Balaban J connectivity index is 2.06. The van der Waals surface area contributed by atoms with E-state index in [1.54, 1.807) is 0 Å². The quantitative estimate of drug-likeness (QED) is 0.322. The second-order valence-corrected chi connectivity index (χ2v) is 6.43. The van der Waals surface area contributed by atoms with Gasteiger partial charge >= 0.3 is 0 Å². The average molecular weight is 357 g/mol. The van der Waals surface area contributed by atoms with Crippen LogP contribution in [0.2, 0.25) is 0 Å². The van der Waals surface area contributed by atoms with Crippen LogP contribution in [0.25, 0.3) is 0 Å². The molecule has 0 N–H and O–H groups in total. The molecule has 0 aromatic heterocycles. The molecular formula is C20H36O5. The number of rotatable bonds is 15.